The summed E-state index contributed by atoms with van der Waals surface area (Å²) in [6.07, 6.45) is 3.39. The highest BCUT2D eigenvalue weighted by molar-refractivity contribution is 6.07. The molecule has 6 nitrogen and oxygen atoms in total. The lowest BCUT2D eigenvalue weighted by atomic mass is 10.1. The van der Waals surface area contributed by atoms with Crippen molar-refractivity contribution >= 4 is 11.9 Å². The van der Waals surface area contributed by atoms with E-state index in [0.29, 0.717) is 17.1 Å². The first-order chi connectivity index (χ1) is 12.5. The van der Waals surface area contributed by atoms with E-state index in [4.69, 9.17) is 14.0 Å². The van der Waals surface area contributed by atoms with E-state index in [1.54, 1.807) is 24.3 Å². The van der Waals surface area contributed by atoms with Crippen LogP contribution in [0.25, 0.3) is 11.9 Å². The number of benzene rings is 1. The Morgan fingerprint density at radius 2 is 1.92 bits per heavy atom. The molecule has 1 aliphatic rings. The molecule has 0 fully saturated rings. The largest absolute Gasteiger partial charge is 0.454 e. The van der Waals surface area contributed by atoms with E-state index >= 15 is 0 Å². The molecule has 26 heavy (non-hydrogen) atoms. The van der Waals surface area contributed by atoms with Gasteiger partial charge in [-0.1, -0.05) is 5.16 Å². The third-order valence-corrected chi connectivity index (χ3v) is 4.39. The SMILES string of the molecule is Cc1cc(-n2c(C)cc(/C=C/C(=O)c3ccc4c(c3)OCO4)c2C)no1. The number of aromatic nitrogens is 2. The standard InChI is InChI=1S/C20H18N2O4/c1-12-8-15(14(3)22(12)20-9-13(2)26-21-20)4-6-17(23)16-5-7-18-19(10-16)25-11-24-18/h4-10H,11H2,1-3H3/b6-4+. The number of carbonyl (C=O) groups excluding carboxylic acids is 1. The maximum Gasteiger partial charge on any atom is 0.231 e. The molecule has 0 bridgehead atoms. The molecule has 3 aromatic rings. The van der Waals surface area contributed by atoms with E-state index in [0.717, 1.165) is 28.5 Å². The topological polar surface area (TPSA) is 66.5 Å². The number of fused-ring (bicyclic) bond motifs is 1. The molecule has 0 radical (unpaired) electrons. The number of hydrogen-bond donors (Lipinski definition) is 0. The minimum atomic E-state index is -0.0922. The first-order valence-corrected chi connectivity index (χ1v) is 8.27. The second-order valence-electron chi connectivity index (χ2n) is 6.22. The predicted molar refractivity (Wildman–Crippen MR) is 96.0 cm³/mol. The minimum absolute atomic E-state index is 0.0922. The zero-order chi connectivity index (χ0) is 18.3. The van der Waals surface area contributed by atoms with Crippen molar-refractivity contribution in [2.75, 3.05) is 6.79 Å². The Labute approximate surface area is 150 Å². The number of ether oxygens (including phenoxy) is 2. The first kappa shape index (κ1) is 16.2. The number of hydrogen-bond acceptors (Lipinski definition) is 5. The Morgan fingerprint density at radius 1 is 1.12 bits per heavy atom. The van der Waals surface area contributed by atoms with Gasteiger partial charge in [-0.3, -0.25) is 9.36 Å². The molecule has 0 aliphatic carbocycles. The van der Waals surface area contributed by atoms with Crippen LogP contribution in [-0.4, -0.2) is 22.3 Å². The maximum absolute atomic E-state index is 12.5. The summed E-state index contributed by atoms with van der Waals surface area (Å²) in [5.74, 6) is 2.66. The molecule has 0 unspecified atom stereocenters. The van der Waals surface area contributed by atoms with Crippen LogP contribution in [0.2, 0.25) is 0 Å². The lowest BCUT2D eigenvalue weighted by Crippen LogP contribution is -1.99. The molecule has 132 valence electrons. The molecule has 4 rings (SSSR count). The minimum Gasteiger partial charge on any atom is -0.454 e. The summed E-state index contributed by atoms with van der Waals surface area (Å²) < 4.78 is 17.8. The van der Waals surface area contributed by atoms with E-state index in [2.05, 4.69) is 5.16 Å². The molecule has 0 N–H and O–H groups in total. The Hall–Kier alpha value is -3.28. The number of rotatable bonds is 4. The predicted octanol–water partition coefficient (Wildman–Crippen LogP) is 4.02. The highest BCUT2D eigenvalue weighted by atomic mass is 16.7. The molecular formula is C20H18N2O4. The summed E-state index contributed by atoms with van der Waals surface area (Å²) in [5, 5.41) is 4.07. The smallest absolute Gasteiger partial charge is 0.231 e. The Kier molecular flexibility index (Phi) is 3.88. The van der Waals surface area contributed by atoms with Crippen LogP contribution in [-0.2, 0) is 0 Å². The van der Waals surface area contributed by atoms with Crippen LogP contribution in [0.3, 0.4) is 0 Å². The van der Waals surface area contributed by atoms with E-state index in [9.17, 15) is 4.79 Å². The lowest BCUT2D eigenvalue weighted by Gasteiger charge is -2.04. The van der Waals surface area contributed by atoms with Crippen molar-refractivity contribution < 1.29 is 18.8 Å². The Morgan fingerprint density at radius 3 is 2.69 bits per heavy atom. The number of aryl methyl sites for hydroxylation is 2. The normalized spacial score (nSPS) is 12.9. The number of nitrogens with zero attached hydrogens (tertiary/aromatic N) is 2. The van der Waals surface area contributed by atoms with Gasteiger partial charge in [-0.25, -0.2) is 0 Å². The number of allylic oxidation sites excluding steroid dienone is 1. The van der Waals surface area contributed by atoms with Crippen molar-refractivity contribution in [2.45, 2.75) is 20.8 Å². The van der Waals surface area contributed by atoms with Gasteiger partial charge in [-0.2, -0.15) is 0 Å². The van der Waals surface area contributed by atoms with Crippen molar-refractivity contribution in [3.63, 3.8) is 0 Å². The van der Waals surface area contributed by atoms with Crippen LogP contribution < -0.4 is 9.47 Å². The Balaban J connectivity index is 1.60. The quantitative estimate of drug-likeness (QED) is 0.525. The summed E-state index contributed by atoms with van der Waals surface area (Å²) in [4.78, 5) is 12.5. The van der Waals surface area contributed by atoms with Crippen LogP contribution in [0.15, 0.2) is 40.9 Å². The van der Waals surface area contributed by atoms with Crippen LogP contribution in [0.5, 0.6) is 11.5 Å². The zero-order valence-electron chi connectivity index (χ0n) is 14.8. The fourth-order valence-electron chi connectivity index (χ4n) is 3.08. The molecule has 0 atom stereocenters. The van der Waals surface area contributed by atoms with E-state index in [1.165, 1.54) is 0 Å². The van der Waals surface area contributed by atoms with E-state index < -0.39 is 0 Å². The highest BCUT2D eigenvalue weighted by Crippen LogP contribution is 2.32. The molecule has 0 amide bonds. The van der Waals surface area contributed by atoms with Gasteiger partial charge < -0.3 is 14.0 Å². The van der Waals surface area contributed by atoms with Gasteiger partial charge in [0.25, 0.3) is 0 Å². The van der Waals surface area contributed by atoms with Crippen LogP contribution >= 0.6 is 0 Å². The van der Waals surface area contributed by atoms with E-state index in [-0.39, 0.29) is 12.6 Å². The lowest BCUT2D eigenvalue weighted by molar-refractivity contribution is 0.104. The number of ketones is 1. The van der Waals surface area contributed by atoms with Gasteiger partial charge in [-0.15, -0.1) is 0 Å². The van der Waals surface area contributed by atoms with Gasteiger partial charge >= 0.3 is 0 Å². The molecule has 0 saturated carbocycles. The zero-order valence-corrected chi connectivity index (χ0v) is 14.8. The summed E-state index contributed by atoms with van der Waals surface area (Å²) in [5.41, 5.74) is 3.53. The van der Waals surface area contributed by atoms with Crippen LogP contribution in [0.4, 0.5) is 0 Å². The fraction of sp³-hybridized carbons (Fsp3) is 0.200. The number of carbonyl (C=O) groups is 1. The summed E-state index contributed by atoms with van der Waals surface area (Å²) in [7, 11) is 0. The van der Waals surface area contributed by atoms with Gasteiger partial charge in [-0.05, 0) is 62.8 Å². The van der Waals surface area contributed by atoms with Gasteiger partial charge in [0.1, 0.15) is 5.76 Å². The van der Waals surface area contributed by atoms with Crippen LogP contribution in [0, 0.1) is 20.8 Å². The van der Waals surface area contributed by atoms with Crippen molar-refractivity contribution in [1.82, 2.24) is 9.72 Å². The summed E-state index contributed by atoms with van der Waals surface area (Å²) in [6.45, 7) is 6.03. The summed E-state index contributed by atoms with van der Waals surface area (Å²) in [6, 6.07) is 9.09. The van der Waals surface area contributed by atoms with Crippen LogP contribution in [0.1, 0.15) is 33.1 Å². The molecular weight excluding hydrogens is 332 g/mol. The first-order valence-electron chi connectivity index (χ1n) is 8.27. The van der Waals surface area contributed by atoms with Gasteiger partial charge in [0.05, 0.1) is 0 Å². The highest BCUT2D eigenvalue weighted by Gasteiger charge is 2.16. The van der Waals surface area contributed by atoms with Gasteiger partial charge in [0.15, 0.2) is 23.1 Å². The fourth-order valence-corrected chi connectivity index (χ4v) is 3.08. The molecule has 0 spiro atoms. The van der Waals surface area contributed by atoms with Crippen molar-refractivity contribution in [3.8, 4) is 17.3 Å². The molecule has 1 aliphatic heterocycles. The average molecular weight is 350 g/mol. The van der Waals surface area contributed by atoms with Gasteiger partial charge in [0.2, 0.25) is 6.79 Å². The van der Waals surface area contributed by atoms with Crippen molar-refractivity contribution in [2.24, 2.45) is 0 Å². The second-order valence-corrected chi connectivity index (χ2v) is 6.22. The average Bonchev–Trinajstić information content (AvgIpc) is 3.31. The van der Waals surface area contributed by atoms with E-state index in [1.807, 2.05) is 43.5 Å². The third-order valence-electron chi connectivity index (χ3n) is 4.39. The summed E-state index contributed by atoms with van der Waals surface area (Å²) >= 11 is 0. The van der Waals surface area contributed by atoms with Crippen molar-refractivity contribution in [1.29, 1.82) is 0 Å². The second kappa shape index (κ2) is 6.22. The molecule has 6 heteroatoms. The molecule has 2 aromatic heterocycles. The van der Waals surface area contributed by atoms with Crippen molar-refractivity contribution in [3.05, 3.63) is 64.7 Å². The Bertz CT molecular complexity index is 1030. The monoisotopic (exact) mass is 350 g/mol. The third kappa shape index (κ3) is 2.79. The molecule has 1 aromatic carbocycles. The molecule has 0 saturated heterocycles. The maximum atomic E-state index is 12.5. The van der Waals surface area contributed by atoms with Gasteiger partial charge in [0, 0.05) is 23.0 Å². The molecule has 3 heterocycles.